The molecule has 0 amide bonds. The van der Waals surface area contributed by atoms with E-state index in [2.05, 4.69) is 20.3 Å². The fourth-order valence-electron chi connectivity index (χ4n) is 1.95. The number of nitrogens with one attached hydrogen (secondary N) is 1. The number of hydrogen-bond acceptors (Lipinski definition) is 5. The Morgan fingerprint density at radius 2 is 2.10 bits per heavy atom. The molecule has 0 radical (unpaired) electrons. The van der Waals surface area contributed by atoms with Gasteiger partial charge in [0.2, 0.25) is 5.89 Å². The summed E-state index contributed by atoms with van der Waals surface area (Å²) in [5, 5.41) is 4.78. The molecule has 0 saturated heterocycles. The van der Waals surface area contributed by atoms with E-state index in [4.69, 9.17) is 16.0 Å². The highest BCUT2D eigenvalue weighted by atomic mass is 35.5. The quantitative estimate of drug-likeness (QED) is 0.799. The number of anilines is 1. The fraction of sp³-hybridized carbons (Fsp3) is 0.214. The molecule has 3 rings (SSSR count). The zero-order valence-corrected chi connectivity index (χ0v) is 11.9. The molecule has 1 N–H and O–H groups in total. The average molecular weight is 289 g/mol. The van der Waals surface area contributed by atoms with Gasteiger partial charge >= 0.3 is 0 Å². The summed E-state index contributed by atoms with van der Waals surface area (Å²) >= 11 is 5.96. The molecular formula is C14H13ClN4O. The first-order chi connectivity index (χ1) is 9.63. The number of aryl methyl sites for hydroxylation is 2. The predicted octanol–water partition coefficient (Wildman–Crippen LogP) is 3.50. The number of aromatic nitrogens is 3. The molecule has 0 atom stereocenters. The highest BCUT2D eigenvalue weighted by Crippen LogP contribution is 2.23. The summed E-state index contributed by atoms with van der Waals surface area (Å²) in [5.41, 5.74) is 1.70. The maximum atomic E-state index is 5.96. The minimum atomic E-state index is 0.476. The van der Waals surface area contributed by atoms with Crippen molar-refractivity contribution in [2.45, 2.75) is 20.4 Å². The molecule has 0 unspecified atom stereocenters. The minimum Gasteiger partial charge on any atom is -0.444 e. The van der Waals surface area contributed by atoms with Crippen molar-refractivity contribution in [1.29, 1.82) is 0 Å². The maximum Gasteiger partial charge on any atom is 0.213 e. The van der Waals surface area contributed by atoms with Crippen LogP contribution >= 0.6 is 11.6 Å². The number of oxazole rings is 1. The second kappa shape index (κ2) is 5.09. The molecule has 2 heterocycles. The summed E-state index contributed by atoms with van der Waals surface area (Å²) < 4.78 is 5.53. The van der Waals surface area contributed by atoms with Crippen LogP contribution in [0.2, 0.25) is 5.02 Å². The van der Waals surface area contributed by atoms with Crippen LogP contribution < -0.4 is 5.32 Å². The van der Waals surface area contributed by atoms with Crippen LogP contribution in [0.4, 0.5) is 5.82 Å². The van der Waals surface area contributed by atoms with Crippen molar-refractivity contribution in [2.75, 3.05) is 5.32 Å². The number of rotatable bonds is 3. The van der Waals surface area contributed by atoms with E-state index in [1.165, 1.54) is 6.33 Å². The smallest absolute Gasteiger partial charge is 0.213 e. The Morgan fingerprint density at radius 1 is 1.25 bits per heavy atom. The first-order valence-corrected chi connectivity index (χ1v) is 6.58. The Bertz CT molecular complexity index is 749. The normalized spacial score (nSPS) is 10.9. The lowest BCUT2D eigenvalue weighted by atomic mass is 10.2. The predicted molar refractivity (Wildman–Crippen MR) is 77.9 cm³/mol. The number of nitrogens with zero attached hydrogens (tertiary/aromatic N) is 3. The van der Waals surface area contributed by atoms with Crippen LogP contribution in [0.5, 0.6) is 0 Å². The van der Waals surface area contributed by atoms with E-state index in [9.17, 15) is 0 Å². The second-order valence-electron chi connectivity index (χ2n) is 4.49. The van der Waals surface area contributed by atoms with Crippen molar-refractivity contribution in [3.63, 3.8) is 0 Å². The van der Waals surface area contributed by atoms with Crippen molar-refractivity contribution in [1.82, 2.24) is 15.0 Å². The van der Waals surface area contributed by atoms with Crippen molar-refractivity contribution in [3.8, 4) is 0 Å². The molecule has 0 fully saturated rings. The van der Waals surface area contributed by atoms with E-state index in [0.29, 0.717) is 17.5 Å². The largest absolute Gasteiger partial charge is 0.444 e. The summed E-state index contributed by atoms with van der Waals surface area (Å²) in [4.78, 5) is 12.8. The van der Waals surface area contributed by atoms with Crippen molar-refractivity contribution >= 4 is 28.3 Å². The number of fused-ring (bicyclic) bond motifs is 1. The molecule has 102 valence electrons. The average Bonchev–Trinajstić information content (AvgIpc) is 2.75. The molecule has 2 aromatic heterocycles. The van der Waals surface area contributed by atoms with Crippen molar-refractivity contribution in [3.05, 3.63) is 46.9 Å². The summed E-state index contributed by atoms with van der Waals surface area (Å²) in [6.07, 6.45) is 1.51. The molecule has 5 nitrogen and oxygen atoms in total. The molecule has 0 aliphatic carbocycles. The van der Waals surface area contributed by atoms with Gasteiger partial charge in [0.25, 0.3) is 0 Å². The third kappa shape index (κ3) is 2.44. The lowest BCUT2D eigenvalue weighted by Gasteiger charge is -2.06. The topological polar surface area (TPSA) is 63.8 Å². The molecular weight excluding hydrogens is 276 g/mol. The Labute approximate surface area is 121 Å². The number of halogens is 1. The molecule has 0 saturated carbocycles. The first-order valence-electron chi connectivity index (χ1n) is 6.20. The van der Waals surface area contributed by atoms with E-state index in [0.717, 1.165) is 28.2 Å². The van der Waals surface area contributed by atoms with Crippen molar-refractivity contribution in [2.24, 2.45) is 0 Å². The first kappa shape index (κ1) is 12.9. The van der Waals surface area contributed by atoms with E-state index >= 15 is 0 Å². The van der Waals surface area contributed by atoms with Gasteiger partial charge in [-0.3, -0.25) is 0 Å². The Morgan fingerprint density at radius 3 is 2.85 bits per heavy atom. The van der Waals surface area contributed by atoms with Gasteiger partial charge in [0.15, 0.2) is 0 Å². The van der Waals surface area contributed by atoms with Crippen LogP contribution in [0, 0.1) is 13.8 Å². The monoisotopic (exact) mass is 288 g/mol. The summed E-state index contributed by atoms with van der Waals surface area (Å²) in [6.45, 7) is 4.29. The van der Waals surface area contributed by atoms with Crippen LogP contribution in [0.1, 0.15) is 17.3 Å². The van der Waals surface area contributed by atoms with E-state index < -0.39 is 0 Å². The summed E-state index contributed by atoms with van der Waals surface area (Å²) in [5.74, 6) is 2.21. The molecule has 20 heavy (non-hydrogen) atoms. The van der Waals surface area contributed by atoms with Gasteiger partial charge in [-0.15, -0.1) is 0 Å². The molecule has 3 aromatic rings. The summed E-state index contributed by atoms with van der Waals surface area (Å²) in [7, 11) is 0. The van der Waals surface area contributed by atoms with Gasteiger partial charge in [-0.1, -0.05) is 11.6 Å². The molecule has 0 bridgehead atoms. The molecule has 6 heteroatoms. The number of benzene rings is 1. The van der Waals surface area contributed by atoms with Gasteiger partial charge in [0, 0.05) is 10.4 Å². The lowest BCUT2D eigenvalue weighted by Crippen LogP contribution is -2.02. The lowest BCUT2D eigenvalue weighted by molar-refractivity contribution is 0.478. The molecule has 0 aliphatic heterocycles. The highest BCUT2D eigenvalue weighted by molar-refractivity contribution is 6.31. The number of hydrogen-bond donors (Lipinski definition) is 1. The van der Waals surface area contributed by atoms with E-state index in [-0.39, 0.29) is 0 Å². The third-order valence-electron chi connectivity index (χ3n) is 3.08. The summed E-state index contributed by atoms with van der Waals surface area (Å²) in [6, 6.07) is 5.52. The van der Waals surface area contributed by atoms with Gasteiger partial charge in [0.05, 0.1) is 17.8 Å². The zero-order chi connectivity index (χ0) is 14.1. The second-order valence-corrected chi connectivity index (χ2v) is 4.92. The SMILES string of the molecule is Cc1nc(CNc2ncnc3cc(Cl)ccc23)oc1C. The molecule has 0 aliphatic rings. The molecule has 0 spiro atoms. The van der Waals surface area contributed by atoms with Gasteiger partial charge in [0.1, 0.15) is 17.9 Å². The third-order valence-corrected chi connectivity index (χ3v) is 3.31. The van der Waals surface area contributed by atoms with Crippen LogP contribution in [-0.2, 0) is 6.54 Å². The van der Waals surface area contributed by atoms with Crippen LogP contribution in [0.15, 0.2) is 28.9 Å². The van der Waals surface area contributed by atoms with Crippen molar-refractivity contribution < 1.29 is 4.42 Å². The Kier molecular flexibility index (Phi) is 3.28. The van der Waals surface area contributed by atoms with E-state index in [1.807, 2.05) is 32.0 Å². The highest BCUT2D eigenvalue weighted by Gasteiger charge is 2.08. The minimum absolute atomic E-state index is 0.476. The fourth-order valence-corrected chi connectivity index (χ4v) is 2.11. The van der Waals surface area contributed by atoms with Crippen LogP contribution in [0.3, 0.4) is 0 Å². The van der Waals surface area contributed by atoms with Crippen LogP contribution in [0.25, 0.3) is 10.9 Å². The Hall–Kier alpha value is -2.14. The van der Waals surface area contributed by atoms with Gasteiger partial charge < -0.3 is 9.73 Å². The molecule has 1 aromatic carbocycles. The Balaban J connectivity index is 1.87. The van der Waals surface area contributed by atoms with Gasteiger partial charge in [-0.2, -0.15) is 0 Å². The van der Waals surface area contributed by atoms with Gasteiger partial charge in [-0.05, 0) is 32.0 Å². The van der Waals surface area contributed by atoms with E-state index in [1.54, 1.807) is 0 Å². The maximum absolute atomic E-state index is 5.96. The van der Waals surface area contributed by atoms with Gasteiger partial charge in [-0.25, -0.2) is 15.0 Å². The standard InChI is InChI=1S/C14H13ClN4O/c1-8-9(2)20-13(19-8)6-16-14-11-4-3-10(15)5-12(11)17-7-18-14/h3-5,7H,6H2,1-2H3,(H,16,17,18). The zero-order valence-electron chi connectivity index (χ0n) is 11.1. The van der Waals surface area contributed by atoms with Crippen LogP contribution in [-0.4, -0.2) is 15.0 Å².